The van der Waals surface area contributed by atoms with Gasteiger partial charge < -0.3 is 10.8 Å². The molecule has 0 aliphatic carbocycles. The van der Waals surface area contributed by atoms with Crippen LogP contribution in [0, 0.1) is 0 Å². The van der Waals surface area contributed by atoms with E-state index >= 15 is 0 Å². The Hall–Kier alpha value is -2.07. The Kier molecular flexibility index (Phi) is 2.73. The molecular weight excluding hydrogens is 238 g/mol. The molecule has 0 atom stereocenters. The van der Waals surface area contributed by atoms with Crippen molar-refractivity contribution in [2.45, 2.75) is 0 Å². The molecule has 0 saturated heterocycles. The van der Waals surface area contributed by atoms with Gasteiger partial charge in [-0.25, -0.2) is 9.97 Å². The van der Waals surface area contributed by atoms with Crippen LogP contribution in [0.4, 0.5) is 5.69 Å². The number of hydrogen-bond donors (Lipinski definition) is 2. The molecule has 0 radical (unpaired) electrons. The molecule has 4 nitrogen and oxygen atoms in total. The molecule has 0 fully saturated rings. The summed E-state index contributed by atoms with van der Waals surface area (Å²) < 4.78 is 0. The first-order chi connectivity index (χ1) is 7.74. The number of rotatable bonds is 0. The first-order valence-electron chi connectivity index (χ1n) is 4.89. The fourth-order valence-corrected chi connectivity index (χ4v) is 1.67. The predicted octanol–water partition coefficient (Wildman–Crippen LogP) is 2.49. The van der Waals surface area contributed by atoms with Gasteiger partial charge in [-0.15, -0.1) is 12.4 Å². The Bertz CT molecular complexity index is 640. The summed E-state index contributed by atoms with van der Waals surface area (Å²) in [5.74, 6) is 0.0390. The highest BCUT2D eigenvalue weighted by Gasteiger charge is 2.04. The number of aromatic hydroxyl groups is 1. The van der Waals surface area contributed by atoms with Gasteiger partial charge in [-0.3, -0.25) is 0 Å². The van der Waals surface area contributed by atoms with Crippen LogP contribution in [0.3, 0.4) is 0 Å². The lowest BCUT2D eigenvalue weighted by molar-refractivity contribution is 0.478. The Morgan fingerprint density at radius 3 is 2.00 bits per heavy atom. The van der Waals surface area contributed by atoms with Crippen molar-refractivity contribution in [3.63, 3.8) is 0 Å². The number of nitrogen functional groups attached to an aromatic ring is 1. The van der Waals surface area contributed by atoms with Crippen LogP contribution < -0.4 is 5.73 Å². The van der Waals surface area contributed by atoms with E-state index in [1.165, 1.54) is 6.07 Å². The van der Waals surface area contributed by atoms with Crippen LogP contribution in [0.5, 0.6) is 5.75 Å². The molecule has 17 heavy (non-hydrogen) atoms. The topological polar surface area (TPSA) is 72.0 Å². The SMILES string of the molecule is Cl.Nc1cc2nc3ccccc3nc2cc1O. The zero-order chi connectivity index (χ0) is 11.1. The van der Waals surface area contributed by atoms with Crippen LogP contribution in [0.1, 0.15) is 0 Å². The van der Waals surface area contributed by atoms with E-state index in [2.05, 4.69) is 9.97 Å². The quantitative estimate of drug-likeness (QED) is 0.364. The minimum absolute atomic E-state index is 0. The number of aromatic nitrogens is 2. The number of anilines is 1. The van der Waals surface area contributed by atoms with E-state index in [1.807, 2.05) is 24.3 Å². The molecule has 5 heteroatoms. The summed E-state index contributed by atoms with van der Waals surface area (Å²) in [6.45, 7) is 0. The van der Waals surface area contributed by atoms with Crippen LogP contribution >= 0.6 is 12.4 Å². The molecule has 3 rings (SSSR count). The summed E-state index contributed by atoms with van der Waals surface area (Å²) in [4.78, 5) is 8.83. The van der Waals surface area contributed by atoms with Crippen LogP contribution in [-0.2, 0) is 0 Å². The van der Waals surface area contributed by atoms with Gasteiger partial charge in [-0.2, -0.15) is 0 Å². The Morgan fingerprint density at radius 1 is 0.882 bits per heavy atom. The molecule has 2 aromatic carbocycles. The van der Waals surface area contributed by atoms with Gasteiger partial charge in [0.15, 0.2) is 0 Å². The van der Waals surface area contributed by atoms with Crippen molar-refractivity contribution in [2.75, 3.05) is 5.73 Å². The molecule has 0 bridgehead atoms. The van der Waals surface area contributed by atoms with Crippen molar-refractivity contribution in [1.82, 2.24) is 9.97 Å². The van der Waals surface area contributed by atoms with Gasteiger partial charge in [0.25, 0.3) is 0 Å². The lowest BCUT2D eigenvalue weighted by Crippen LogP contribution is -1.90. The molecule has 0 saturated carbocycles. The first-order valence-corrected chi connectivity index (χ1v) is 4.89. The van der Waals surface area contributed by atoms with E-state index in [1.54, 1.807) is 6.07 Å². The molecule has 3 N–H and O–H groups in total. The lowest BCUT2D eigenvalue weighted by Gasteiger charge is -2.03. The van der Waals surface area contributed by atoms with Crippen LogP contribution in [0.2, 0.25) is 0 Å². The van der Waals surface area contributed by atoms with E-state index in [4.69, 9.17) is 5.73 Å². The highest BCUT2D eigenvalue weighted by molar-refractivity contribution is 5.89. The number of nitrogens with zero attached hydrogens (tertiary/aromatic N) is 2. The van der Waals surface area contributed by atoms with Crippen LogP contribution in [-0.4, -0.2) is 15.1 Å². The Morgan fingerprint density at radius 2 is 1.41 bits per heavy atom. The second-order valence-electron chi connectivity index (χ2n) is 3.61. The van der Waals surface area contributed by atoms with E-state index in [0.717, 1.165) is 11.0 Å². The molecule has 3 aromatic rings. The number of benzene rings is 2. The summed E-state index contributed by atoms with van der Waals surface area (Å²) in [5.41, 5.74) is 8.89. The van der Waals surface area contributed by atoms with E-state index in [-0.39, 0.29) is 18.2 Å². The minimum Gasteiger partial charge on any atom is -0.506 e. The van der Waals surface area contributed by atoms with Gasteiger partial charge in [-0.1, -0.05) is 12.1 Å². The fraction of sp³-hybridized carbons (Fsp3) is 0. The van der Waals surface area contributed by atoms with Crippen molar-refractivity contribution < 1.29 is 5.11 Å². The predicted molar refractivity (Wildman–Crippen MR) is 70.4 cm³/mol. The third kappa shape index (κ3) is 1.83. The van der Waals surface area contributed by atoms with Gasteiger partial charge in [0.05, 0.1) is 27.8 Å². The van der Waals surface area contributed by atoms with Gasteiger partial charge in [0, 0.05) is 6.07 Å². The molecule has 0 unspecified atom stereocenters. The number of fused-ring (bicyclic) bond motifs is 2. The standard InChI is InChI=1S/C12H9N3O.ClH/c13-7-5-10-11(6-12(7)16)15-9-4-2-1-3-8(9)14-10;/h1-6,16H,13H2;1H. The Labute approximate surface area is 104 Å². The molecule has 1 heterocycles. The minimum atomic E-state index is 0. The molecule has 86 valence electrons. The highest BCUT2D eigenvalue weighted by Crippen LogP contribution is 2.25. The fourth-order valence-electron chi connectivity index (χ4n) is 1.67. The van der Waals surface area contributed by atoms with Gasteiger partial charge in [-0.05, 0) is 18.2 Å². The molecule has 0 spiro atoms. The number of para-hydroxylation sites is 2. The van der Waals surface area contributed by atoms with Gasteiger partial charge in [0.1, 0.15) is 5.75 Å². The maximum atomic E-state index is 9.50. The van der Waals surface area contributed by atoms with E-state index in [0.29, 0.717) is 16.7 Å². The monoisotopic (exact) mass is 247 g/mol. The van der Waals surface area contributed by atoms with E-state index in [9.17, 15) is 5.11 Å². The van der Waals surface area contributed by atoms with Crippen molar-refractivity contribution in [3.8, 4) is 5.75 Å². The van der Waals surface area contributed by atoms with Gasteiger partial charge >= 0.3 is 0 Å². The average molecular weight is 248 g/mol. The van der Waals surface area contributed by atoms with E-state index < -0.39 is 0 Å². The number of halogens is 1. The van der Waals surface area contributed by atoms with Crippen molar-refractivity contribution in [2.24, 2.45) is 0 Å². The Balaban J connectivity index is 0.00000108. The first kappa shape index (κ1) is 11.4. The van der Waals surface area contributed by atoms with Gasteiger partial charge in [0.2, 0.25) is 0 Å². The maximum Gasteiger partial charge on any atom is 0.140 e. The summed E-state index contributed by atoms with van der Waals surface area (Å²) >= 11 is 0. The summed E-state index contributed by atoms with van der Waals surface area (Å²) in [7, 11) is 0. The molecule has 0 aliphatic rings. The second-order valence-corrected chi connectivity index (χ2v) is 3.61. The van der Waals surface area contributed by atoms with Crippen LogP contribution in [0.25, 0.3) is 22.1 Å². The maximum absolute atomic E-state index is 9.50. The molecule has 0 amide bonds. The molecular formula is C12H10ClN3O. The zero-order valence-electron chi connectivity index (χ0n) is 8.79. The number of phenolic OH excluding ortho intramolecular Hbond substituents is 1. The normalized spacial score (nSPS) is 10.4. The molecule has 1 aromatic heterocycles. The second kappa shape index (κ2) is 4.07. The molecule has 0 aliphatic heterocycles. The highest BCUT2D eigenvalue weighted by atomic mass is 35.5. The lowest BCUT2D eigenvalue weighted by atomic mass is 10.2. The summed E-state index contributed by atoms with van der Waals surface area (Å²) in [5, 5.41) is 9.50. The number of phenols is 1. The number of hydrogen-bond acceptors (Lipinski definition) is 4. The van der Waals surface area contributed by atoms with Crippen molar-refractivity contribution in [3.05, 3.63) is 36.4 Å². The zero-order valence-corrected chi connectivity index (χ0v) is 9.61. The summed E-state index contributed by atoms with van der Waals surface area (Å²) in [6, 6.07) is 10.8. The third-order valence-corrected chi connectivity index (χ3v) is 2.49. The van der Waals surface area contributed by atoms with Crippen LogP contribution in [0.15, 0.2) is 36.4 Å². The number of nitrogens with two attached hydrogens (primary N) is 1. The van der Waals surface area contributed by atoms with Crippen molar-refractivity contribution in [1.29, 1.82) is 0 Å². The smallest absolute Gasteiger partial charge is 0.140 e. The summed E-state index contributed by atoms with van der Waals surface area (Å²) in [6.07, 6.45) is 0. The average Bonchev–Trinajstić information content (AvgIpc) is 2.28. The third-order valence-electron chi connectivity index (χ3n) is 2.49. The van der Waals surface area contributed by atoms with Crippen molar-refractivity contribution >= 4 is 40.2 Å². The largest absolute Gasteiger partial charge is 0.506 e.